The first-order valence-corrected chi connectivity index (χ1v) is 6.01. The number of benzene rings is 1. The summed E-state index contributed by atoms with van der Waals surface area (Å²) in [5.41, 5.74) is -0.152. The molecule has 1 aromatic heterocycles. The lowest BCUT2D eigenvalue weighted by atomic mass is 10.1. The third-order valence-electron chi connectivity index (χ3n) is 2.89. The van der Waals surface area contributed by atoms with Gasteiger partial charge in [0.25, 0.3) is 5.91 Å². The maximum atomic E-state index is 12.6. The summed E-state index contributed by atoms with van der Waals surface area (Å²) >= 11 is 0. The molecule has 22 heavy (non-hydrogen) atoms. The van der Waals surface area contributed by atoms with Crippen LogP contribution in [0.2, 0.25) is 0 Å². The maximum absolute atomic E-state index is 12.6. The molecule has 5 nitrogen and oxygen atoms in total. The molecule has 0 unspecified atom stereocenters. The largest absolute Gasteiger partial charge is 0.416 e. The fourth-order valence-corrected chi connectivity index (χ4v) is 1.84. The number of aliphatic imine (C=N–C) groups is 1. The number of aromatic amines is 1. The number of rotatable bonds is 1. The van der Waals surface area contributed by atoms with Crippen molar-refractivity contribution in [3.8, 4) is 0 Å². The average Bonchev–Trinajstić information content (AvgIpc) is 2.86. The topological polar surface area (TPSA) is 69.3 Å². The minimum Gasteiger partial charge on any atom is -0.359 e. The Morgan fingerprint density at radius 1 is 1.27 bits per heavy atom. The van der Waals surface area contributed by atoms with E-state index in [9.17, 15) is 18.0 Å². The fourth-order valence-electron chi connectivity index (χ4n) is 1.84. The summed E-state index contributed by atoms with van der Waals surface area (Å²) in [5, 5.41) is 5.47. The zero-order chi connectivity index (χ0) is 15.6. The first kappa shape index (κ1) is 17.8. The molecule has 1 heterocycles. The van der Waals surface area contributed by atoms with Crippen LogP contribution in [0.15, 0.2) is 29.3 Å². The van der Waals surface area contributed by atoms with E-state index >= 15 is 0 Å². The summed E-state index contributed by atoms with van der Waals surface area (Å²) in [5.74, 6) is -0.232. The van der Waals surface area contributed by atoms with E-state index in [0.717, 1.165) is 12.1 Å². The van der Waals surface area contributed by atoms with Gasteiger partial charge in [-0.25, -0.2) is 0 Å². The Hall–Kier alpha value is -2.22. The molecule has 0 saturated heterocycles. The molecular formula is C13H14ClF3N4O. The Morgan fingerprint density at radius 2 is 1.95 bits per heavy atom. The number of carbonyl (C=O) groups is 1. The van der Waals surface area contributed by atoms with Crippen LogP contribution in [-0.2, 0) is 6.18 Å². The molecule has 3 N–H and O–H groups in total. The lowest BCUT2D eigenvalue weighted by Gasteiger charge is -2.05. The van der Waals surface area contributed by atoms with Crippen LogP contribution in [0, 0.1) is 0 Å². The van der Waals surface area contributed by atoms with E-state index in [0.29, 0.717) is 10.9 Å². The number of nitrogens with one attached hydrogen (secondary N) is 3. The van der Waals surface area contributed by atoms with Gasteiger partial charge in [0, 0.05) is 25.0 Å². The van der Waals surface area contributed by atoms with Gasteiger partial charge in [0.05, 0.1) is 5.56 Å². The molecule has 120 valence electrons. The highest BCUT2D eigenvalue weighted by molar-refractivity contribution is 6.06. The van der Waals surface area contributed by atoms with E-state index in [2.05, 4.69) is 20.6 Å². The highest BCUT2D eigenvalue weighted by Gasteiger charge is 2.30. The third-order valence-corrected chi connectivity index (χ3v) is 2.89. The number of carbonyl (C=O) groups excluding carboxylic acids is 1. The first-order chi connectivity index (χ1) is 9.85. The van der Waals surface area contributed by atoms with Crippen molar-refractivity contribution in [2.45, 2.75) is 6.18 Å². The molecule has 1 amide bonds. The van der Waals surface area contributed by atoms with Crippen molar-refractivity contribution in [2.75, 3.05) is 14.1 Å². The second-order valence-corrected chi connectivity index (χ2v) is 4.26. The summed E-state index contributed by atoms with van der Waals surface area (Å²) in [6.07, 6.45) is -4.41. The molecule has 1 aromatic carbocycles. The second-order valence-electron chi connectivity index (χ2n) is 4.26. The normalized spacial score (nSPS) is 12.0. The minimum atomic E-state index is -4.41. The number of halogens is 4. The SMILES string of the molecule is CN=C(NC)NC(=O)c1cc2cc(C(F)(F)F)ccc2[nH]1.Cl. The summed E-state index contributed by atoms with van der Waals surface area (Å²) < 4.78 is 37.9. The van der Waals surface area contributed by atoms with Gasteiger partial charge in [-0.05, 0) is 24.3 Å². The second kappa shape index (κ2) is 6.69. The minimum absolute atomic E-state index is 0. The standard InChI is InChI=1S/C13H13F3N4O.ClH/c1-17-12(18-2)20-11(21)10-6-7-5-8(13(14,15)16)3-4-9(7)19-10;/h3-6,19H,1-2H3,(H2,17,18,20,21);1H. The quantitative estimate of drug-likeness (QED) is 0.554. The molecule has 0 aliphatic rings. The average molecular weight is 335 g/mol. The van der Waals surface area contributed by atoms with Crippen molar-refractivity contribution in [2.24, 2.45) is 4.99 Å². The van der Waals surface area contributed by atoms with Crippen molar-refractivity contribution >= 4 is 35.2 Å². The monoisotopic (exact) mass is 334 g/mol. The third kappa shape index (κ3) is 3.70. The van der Waals surface area contributed by atoms with Crippen LogP contribution in [0.1, 0.15) is 16.1 Å². The fraction of sp³-hybridized carbons (Fsp3) is 0.231. The Labute approximate surface area is 130 Å². The Morgan fingerprint density at radius 3 is 2.50 bits per heavy atom. The summed E-state index contributed by atoms with van der Waals surface area (Å²) in [6, 6.07) is 4.62. The molecule has 0 radical (unpaired) electrons. The number of hydrogen-bond donors (Lipinski definition) is 3. The van der Waals surface area contributed by atoms with Crippen molar-refractivity contribution < 1.29 is 18.0 Å². The number of alkyl halides is 3. The molecule has 0 saturated carbocycles. The zero-order valence-electron chi connectivity index (χ0n) is 11.7. The van der Waals surface area contributed by atoms with Gasteiger partial charge >= 0.3 is 6.18 Å². The van der Waals surface area contributed by atoms with E-state index in [1.165, 1.54) is 19.2 Å². The zero-order valence-corrected chi connectivity index (χ0v) is 12.5. The first-order valence-electron chi connectivity index (χ1n) is 6.01. The highest BCUT2D eigenvalue weighted by Crippen LogP contribution is 2.31. The van der Waals surface area contributed by atoms with E-state index in [-0.39, 0.29) is 24.1 Å². The lowest BCUT2D eigenvalue weighted by molar-refractivity contribution is -0.137. The summed E-state index contributed by atoms with van der Waals surface area (Å²) in [7, 11) is 3.08. The van der Waals surface area contributed by atoms with Crippen LogP contribution in [0.25, 0.3) is 10.9 Å². The van der Waals surface area contributed by atoms with Gasteiger partial charge in [0.15, 0.2) is 5.96 Å². The smallest absolute Gasteiger partial charge is 0.359 e. The molecule has 0 atom stereocenters. The van der Waals surface area contributed by atoms with Crippen molar-refractivity contribution in [1.82, 2.24) is 15.6 Å². The number of hydrogen-bond acceptors (Lipinski definition) is 2. The van der Waals surface area contributed by atoms with Gasteiger partial charge in [-0.2, -0.15) is 13.2 Å². The van der Waals surface area contributed by atoms with Crippen molar-refractivity contribution in [3.63, 3.8) is 0 Å². The molecule has 0 fully saturated rings. The predicted octanol–water partition coefficient (Wildman–Crippen LogP) is 2.54. The van der Waals surface area contributed by atoms with Crippen molar-refractivity contribution in [1.29, 1.82) is 0 Å². The van der Waals surface area contributed by atoms with Crippen LogP contribution in [0.3, 0.4) is 0 Å². The predicted molar refractivity (Wildman–Crippen MR) is 80.4 cm³/mol. The Kier molecular flexibility index (Phi) is 5.43. The number of nitrogens with zero attached hydrogens (tertiary/aromatic N) is 1. The molecule has 2 rings (SSSR count). The van der Waals surface area contributed by atoms with E-state index < -0.39 is 17.6 Å². The van der Waals surface area contributed by atoms with Crippen LogP contribution >= 0.6 is 12.4 Å². The Bertz CT molecular complexity index is 709. The van der Waals surface area contributed by atoms with E-state index in [1.54, 1.807) is 7.05 Å². The van der Waals surface area contributed by atoms with Gasteiger partial charge in [-0.15, -0.1) is 12.4 Å². The van der Waals surface area contributed by atoms with Gasteiger partial charge in [-0.3, -0.25) is 15.1 Å². The lowest BCUT2D eigenvalue weighted by Crippen LogP contribution is -2.39. The van der Waals surface area contributed by atoms with E-state index in [4.69, 9.17) is 0 Å². The van der Waals surface area contributed by atoms with Crippen LogP contribution < -0.4 is 10.6 Å². The molecule has 0 aliphatic carbocycles. The Balaban J connectivity index is 0.00000242. The number of guanidine groups is 1. The number of aromatic nitrogens is 1. The number of fused-ring (bicyclic) bond motifs is 1. The maximum Gasteiger partial charge on any atom is 0.416 e. The van der Waals surface area contributed by atoms with Crippen LogP contribution in [0.4, 0.5) is 13.2 Å². The van der Waals surface area contributed by atoms with Crippen molar-refractivity contribution in [3.05, 3.63) is 35.5 Å². The summed E-state index contributed by atoms with van der Waals surface area (Å²) in [6.45, 7) is 0. The number of amides is 1. The van der Waals surface area contributed by atoms with Crippen LogP contribution in [0.5, 0.6) is 0 Å². The summed E-state index contributed by atoms with van der Waals surface area (Å²) in [4.78, 5) is 18.5. The molecule has 2 aromatic rings. The van der Waals surface area contributed by atoms with Crippen LogP contribution in [-0.4, -0.2) is 30.9 Å². The van der Waals surface area contributed by atoms with E-state index in [1.807, 2.05) is 0 Å². The highest BCUT2D eigenvalue weighted by atomic mass is 35.5. The molecule has 9 heteroatoms. The molecule has 0 aliphatic heterocycles. The number of H-pyrrole nitrogens is 1. The molecular weight excluding hydrogens is 321 g/mol. The van der Waals surface area contributed by atoms with Gasteiger partial charge < -0.3 is 10.3 Å². The van der Waals surface area contributed by atoms with Gasteiger partial charge in [0.2, 0.25) is 0 Å². The molecule has 0 bridgehead atoms. The van der Waals surface area contributed by atoms with Gasteiger partial charge in [0.1, 0.15) is 5.69 Å². The van der Waals surface area contributed by atoms with Gasteiger partial charge in [-0.1, -0.05) is 0 Å². The molecule has 0 spiro atoms.